The molecule has 1 atom stereocenters. The van der Waals surface area contributed by atoms with E-state index < -0.39 is 11.8 Å². The van der Waals surface area contributed by atoms with Gasteiger partial charge < -0.3 is 24.4 Å². The van der Waals surface area contributed by atoms with Crippen LogP contribution in [-0.4, -0.2) is 53.0 Å². The van der Waals surface area contributed by atoms with Crippen LogP contribution >= 0.6 is 11.6 Å². The highest BCUT2D eigenvalue weighted by Crippen LogP contribution is 2.37. The number of urea groups is 1. The Balaban J connectivity index is 1.58. The number of carbonyl (C=O) groups excluding carboxylic acids is 2. The first kappa shape index (κ1) is 24.6. The molecule has 3 aromatic rings. The van der Waals surface area contributed by atoms with Gasteiger partial charge in [0.1, 0.15) is 24.2 Å². The summed E-state index contributed by atoms with van der Waals surface area (Å²) < 4.78 is 21.2. The maximum atomic E-state index is 13.6. The molecule has 0 saturated carbocycles. The third kappa shape index (κ3) is 5.27. The van der Waals surface area contributed by atoms with E-state index in [-0.39, 0.29) is 23.5 Å². The van der Waals surface area contributed by atoms with Gasteiger partial charge in [0.15, 0.2) is 0 Å². The van der Waals surface area contributed by atoms with Crippen molar-refractivity contribution in [3.8, 4) is 5.75 Å². The van der Waals surface area contributed by atoms with Crippen LogP contribution in [0.4, 0.5) is 14.9 Å². The summed E-state index contributed by atoms with van der Waals surface area (Å²) in [4.78, 5) is 29.9. The molecule has 3 amide bonds. The summed E-state index contributed by atoms with van der Waals surface area (Å²) in [6.45, 7) is 3.38. The van der Waals surface area contributed by atoms with E-state index in [1.54, 1.807) is 12.0 Å². The first-order chi connectivity index (χ1) is 16.9. The Hall–Kier alpha value is -3.52. The summed E-state index contributed by atoms with van der Waals surface area (Å²) in [5.41, 5.74) is 2.23. The summed E-state index contributed by atoms with van der Waals surface area (Å²) in [5, 5.41) is 2.63. The van der Waals surface area contributed by atoms with Gasteiger partial charge in [0.25, 0.3) is 0 Å². The van der Waals surface area contributed by atoms with Gasteiger partial charge in [-0.05, 0) is 42.8 Å². The Morgan fingerprint density at radius 2 is 1.97 bits per heavy atom. The molecule has 1 unspecified atom stereocenters. The highest BCUT2D eigenvalue weighted by Gasteiger charge is 2.34. The fourth-order valence-electron chi connectivity index (χ4n) is 4.42. The molecule has 184 valence electrons. The second-order valence-corrected chi connectivity index (χ2v) is 8.75. The number of rotatable bonds is 7. The molecule has 1 aromatic heterocycles. The van der Waals surface area contributed by atoms with Crippen LogP contribution in [0.25, 0.3) is 0 Å². The van der Waals surface area contributed by atoms with Gasteiger partial charge in [0, 0.05) is 42.8 Å². The highest BCUT2D eigenvalue weighted by molar-refractivity contribution is 6.31. The van der Waals surface area contributed by atoms with Gasteiger partial charge in [-0.15, -0.1) is 0 Å². The summed E-state index contributed by atoms with van der Waals surface area (Å²) in [6.07, 6.45) is 2.67. The SMILES string of the molecule is CCCN(CC(=O)N1CCn2cccc2C1c1ccccc1OC)C(=O)Nc1ccc(F)c(Cl)c1. The molecule has 0 spiro atoms. The molecular weight excluding hydrogens is 471 g/mol. The zero-order valence-electron chi connectivity index (χ0n) is 19.7. The van der Waals surface area contributed by atoms with Crippen LogP contribution in [0.15, 0.2) is 60.8 Å². The molecule has 7 nitrogen and oxygen atoms in total. The normalized spacial score (nSPS) is 14.9. The number of nitrogens with one attached hydrogen (secondary N) is 1. The lowest BCUT2D eigenvalue weighted by molar-refractivity contribution is -0.134. The number of aromatic nitrogens is 1. The fraction of sp³-hybridized carbons (Fsp3) is 0.308. The second kappa shape index (κ2) is 10.8. The standard InChI is InChI=1S/C26H28ClFN4O3/c1-3-12-31(26(34)29-18-10-11-21(28)20(27)16-18)17-24(33)32-15-14-30-13-6-8-22(30)25(32)19-7-4-5-9-23(19)35-2/h4-11,13,16,25H,3,12,14-15,17H2,1-2H3,(H,29,34). The Morgan fingerprint density at radius 3 is 2.71 bits per heavy atom. The number of carbonyl (C=O) groups is 2. The molecule has 35 heavy (non-hydrogen) atoms. The van der Waals surface area contributed by atoms with Crippen molar-refractivity contribution in [2.75, 3.05) is 32.1 Å². The quantitative estimate of drug-likeness (QED) is 0.489. The van der Waals surface area contributed by atoms with E-state index in [2.05, 4.69) is 9.88 Å². The molecule has 1 aliphatic heterocycles. The van der Waals surface area contributed by atoms with Gasteiger partial charge in [-0.1, -0.05) is 36.7 Å². The van der Waals surface area contributed by atoms with Crippen molar-refractivity contribution in [2.45, 2.75) is 25.9 Å². The molecule has 1 N–H and O–H groups in total. The Labute approximate surface area is 209 Å². The minimum absolute atomic E-state index is 0.0862. The molecule has 4 rings (SSSR count). The summed E-state index contributed by atoms with van der Waals surface area (Å²) in [6, 6.07) is 14.8. The topological polar surface area (TPSA) is 66.8 Å². The number of ether oxygens (including phenoxy) is 1. The van der Waals surface area contributed by atoms with Crippen molar-refractivity contribution < 1.29 is 18.7 Å². The Kier molecular flexibility index (Phi) is 7.60. The van der Waals surface area contributed by atoms with Gasteiger partial charge in [-0.25, -0.2) is 9.18 Å². The van der Waals surface area contributed by atoms with Crippen LogP contribution in [-0.2, 0) is 11.3 Å². The molecule has 2 aromatic carbocycles. The van der Waals surface area contributed by atoms with Crippen molar-refractivity contribution in [3.05, 3.63) is 82.9 Å². The number of halogens is 2. The number of nitrogens with zero attached hydrogens (tertiary/aromatic N) is 3. The van der Waals surface area contributed by atoms with Crippen LogP contribution in [0.2, 0.25) is 5.02 Å². The highest BCUT2D eigenvalue weighted by atomic mass is 35.5. The smallest absolute Gasteiger partial charge is 0.322 e. The van der Waals surface area contributed by atoms with E-state index in [0.29, 0.717) is 37.5 Å². The molecule has 0 bridgehead atoms. The second-order valence-electron chi connectivity index (χ2n) is 8.34. The maximum absolute atomic E-state index is 13.6. The lowest BCUT2D eigenvalue weighted by atomic mass is 9.98. The van der Waals surface area contributed by atoms with Crippen LogP contribution in [0.1, 0.15) is 30.6 Å². The van der Waals surface area contributed by atoms with Crippen molar-refractivity contribution in [2.24, 2.45) is 0 Å². The largest absolute Gasteiger partial charge is 0.496 e. The van der Waals surface area contributed by atoms with Crippen LogP contribution in [0.5, 0.6) is 5.75 Å². The average molecular weight is 499 g/mol. The first-order valence-corrected chi connectivity index (χ1v) is 11.9. The number of anilines is 1. The van der Waals surface area contributed by atoms with E-state index in [0.717, 1.165) is 11.3 Å². The molecular formula is C26H28ClFN4O3. The minimum atomic E-state index is -0.567. The average Bonchev–Trinajstić information content (AvgIpc) is 3.34. The third-order valence-corrected chi connectivity index (χ3v) is 6.36. The first-order valence-electron chi connectivity index (χ1n) is 11.5. The zero-order chi connectivity index (χ0) is 24.9. The van der Waals surface area contributed by atoms with Crippen molar-refractivity contribution in [1.82, 2.24) is 14.4 Å². The molecule has 2 heterocycles. The zero-order valence-corrected chi connectivity index (χ0v) is 20.5. The number of methoxy groups -OCH3 is 1. The molecule has 0 fully saturated rings. The molecule has 1 aliphatic rings. The number of para-hydroxylation sites is 1. The van der Waals surface area contributed by atoms with Gasteiger partial charge in [0.2, 0.25) is 5.91 Å². The van der Waals surface area contributed by atoms with E-state index in [1.165, 1.54) is 23.1 Å². The molecule has 0 radical (unpaired) electrons. The minimum Gasteiger partial charge on any atom is -0.496 e. The number of hydrogen-bond acceptors (Lipinski definition) is 3. The van der Waals surface area contributed by atoms with Crippen molar-refractivity contribution in [1.29, 1.82) is 0 Å². The predicted octanol–water partition coefficient (Wildman–Crippen LogP) is 5.16. The van der Waals surface area contributed by atoms with Gasteiger partial charge in [-0.3, -0.25) is 4.79 Å². The van der Waals surface area contributed by atoms with E-state index in [1.807, 2.05) is 49.5 Å². The third-order valence-electron chi connectivity index (χ3n) is 6.07. The summed E-state index contributed by atoms with van der Waals surface area (Å²) >= 11 is 5.84. The molecule has 0 aliphatic carbocycles. The monoisotopic (exact) mass is 498 g/mol. The summed E-state index contributed by atoms with van der Waals surface area (Å²) in [5.74, 6) is -0.0436. The van der Waals surface area contributed by atoms with Gasteiger partial charge >= 0.3 is 6.03 Å². The number of benzene rings is 2. The van der Waals surface area contributed by atoms with E-state index in [9.17, 15) is 14.0 Å². The van der Waals surface area contributed by atoms with Gasteiger partial charge in [-0.2, -0.15) is 0 Å². The van der Waals surface area contributed by atoms with Crippen LogP contribution in [0, 0.1) is 5.82 Å². The predicted molar refractivity (Wildman–Crippen MR) is 133 cm³/mol. The molecule has 9 heteroatoms. The summed E-state index contributed by atoms with van der Waals surface area (Å²) in [7, 11) is 1.61. The van der Waals surface area contributed by atoms with Crippen molar-refractivity contribution >= 4 is 29.2 Å². The number of fused-ring (bicyclic) bond motifs is 1. The number of amides is 3. The van der Waals surface area contributed by atoms with E-state index >= 15 is 0 Å². The number of hydrogen-bond donors (Lipinski definition) is 1. The van der Waals surface area contributed by atoms with Gasteiger partial charge in [0.05, 0.1) is 12.1 Å². The van der Waals surface area contributed by atoms with Crippen LogP contribution in [0.3, 0.4) is 0 Å². The molecule has 0 saturated heterocycles. The van der Waals surface area contributed by atoms with E-state index in [4.69, 9.17) is 16.3 Å². The lowest BCUT2D eigenvalue weighted by Crippen LogP contribution is -2.49. The fourth-order valence-corrected chi connectivity index (χ4v) is 4.61. The lowest BCUT2D eigenvalue weighted by Gasteiger charge is -2.38. The Bertz CT molecular complexity index is 1210. The maximum Gasteiger partial charge on any atom is 0.322 e. The van der Waals surface area contributed by atoms with Crippen molar-refractivity contribution in [3.63, 3.8) is 0 Å². The van der Waals surface area contributed by atoms with Crippen LogP contribution < -0.4 is 10.1 Å². The Morgan fingerprint density at radius 1 is 1.17 bits per heavy atom.